The summed E-state index contributed by atoms with van der Waals surface area (Å²) in [6.45, 7) is -3.02. The van der Waals surface area contributed by atoms with Gasteiger partial charge in [-0.05, 0) is 35.9 Å². The van der Waals surface area contributed by atoms with Crippen molar-refractivity contribution in [1.82, 2.24) is 0 Å². The van der Waals surface area contributed by atoms with Gasteiger partial charge in [-0.15, -0.1) is 0 Å². The maximum Gasteiger partial charge on any atom is 0.387 e. The molecule has 0 spiro atoms. The average molecular weight is 385 g/mol. The number of alkyl halides is 2. The summed E-state index contributed by atoms with van der Waals surface area (Å²) in [7, 11) is -2.59. The largest absolute Gasteiger partial charge is 0.493 e. The molecule has 2 rings (SSSR count). The highest BCUT2D eigenvalue weighted by atomic mass is 32.2. The number of benzene rings is 2. The summed E-state index contributed by atoms with van der Waals surface area (Å²) < 4.78 is 58.3. The van der Waals surface area contributed by atoms with Crippen molar-refractivity contribution < 1.29 is 31.6 Å². The van der Waals surface area contributed by atoms with E-state index in [1.807, 2.05) is 0 Å². The zero-order chi connectivity index (χ0) is 19.3. The minimum absolute atomic E-state index is 0.0141. The Balaban J connectivity index is 2.26. The molecule has 0 radical (unpaired) electrons. The lowest BCUT2D eigenvalue weighted by Gasteiger charge is -2.10. The van der Waals surface area contributed by atoms with Crippen molar-refractivity contribution in [3.63, 3.8) is 0 Å². The van der Waals surface area contributed by atoms with Crippen LogP contribution in [0.25, 0.3) is 6.08 Å². The van der Waals surface area contributed by atoms with Crippen LogP contribution in [0.2, 0.25) is 0 Å². The summed E-state index contributed by atoms with van der Waals surface area (Å²) in [5.41, 5.74) is 0.140. The van der Waals surface area contributed by atoms with Crippen molar-refractivity contribution in [2.45, 2.75) is 11.5 Å². The molecule has 0 aliphatic carbocycles. The van der Waals surface area contributed by atoms with E-state index in [0.29, 0.717) is 5.56 Å². The predicted molar refractivity (Wildman–Crippen MR) is 88.9 cm³/mol. The van der Waals surface area contributed by atoms with Crippen LogP contribution >= 0.6 is 0 Å². The van der Waals surface area contributed by atoms with Crippen LogP contribution in [-0.4, -0.2) is 27.1 Å². The maximum atomic E-state index is 12.3. The number of halogens is 2. The van der Waals surface area contributed by atoms with Gasteiger partial charge in [-0.1, -0.05) is 6.07 Å². The van der Waals surface area contributed by atoms with Crippen LogP contribution in [0.5, 0.6) is 11.5 Å². The minimum atomic E-state index is -3.84. The molecule has 0 aromatic heterocycles. The van der Waals surface area contributed by atoms with Crippen LogP contribution in [-0.2, 0) is 9.84 Å². The van der Waals surface area contributed by atoms with Gasteiger partial charge in [-0.2, -0.15) is 8.78 Å². The Kier molecular flexibility index (Phi) is 5.88. The molecule has 2 aromatic carbocycles. The van der Waals surface area contributed by atoms with E-state index in [4.69, 9.17) is 4.74 Å². The van der Waals surface area contributed by atoms with Crippen molar-refractivity contribution >= 4 is 21.6 Å². The van der Waals surface area contributed by atoms with Crippen LogP contribution in [0.15, 0.2) is 52.8 Å². The molecule has 0 saturated carbocycles. The summed E-state index contributed by atoms with van der Waals surface area (Å²) in [6.07, 6.45) is 1.24. The van der Waals surface area contributed by atoms with Crippen molar-refractivity contribution in [3.8, 4) is 11.5 Å². The summed E-state index contributed by atoms with van der Waals surface area (Å²) in [5, 5.41) is 11.5. The monoisotopic (exact) mass is 385 g/mol. The van der Waals surface area contributed by atoms with Crippen LogP contribution in [0.1, 0.15) is 5.56 Å². The highest BCUT2D eigenvalue weighted by Gasteiger charge is 2.14. The molecule has 0 atom stereocenters. The third kappa shape index (κ3) is 4.76. The molecule has 0 heterocycles. The molecule has 0 bridgehead atoms. The van der Waals surface area contributed by atoms with E-state index in [1.54, 1.807) is 0 Å². The fraction of sp³-hybridized carbons (Fsp3) is 0.125. The molecule has 0 amide bonds. The third-order valence-corrected chi connectivity index (χ3v) is 4.64. The quantitative estimate of drug-likeness (QED) is 0.533. The fourth-order valence-corrected chi connectivity index (χ4v) is 2.99. The zero-order valence-electron chi connectivity index (χ0n) is 13.3. The number of rotatable bonds is 7. The van der Waals surface area contributed by atoms with Crippen molar-refractivity contribution in [3.05, 3.63) is 63.6 Å². The molecule has 0 N–H and O–H groups in total. The van der Waals surface area contributed by atoms with Crippen LogP contribution in [0, 0.1) is 10.1 Å². The molecular formula is C16H13F2NO6S. The normalized spacial score (nSPS) is 11.7. The van der Waals surface area contributed by atoms with Crippen LogP contribution < -0.4 is 9.47 Å². The first-order valence-electron chi connectivity index (χ1n) is 7.03. The van der Waals surface area contributed by atoms with Crippen molar-refractivity contribution in [1.29, 1.82) is 0 Å². The van der Waals surface area contributed by atoms with E-state index in [0.717, 1.165) is 29.7 Å². The average Bonchev–Trinajstić information content (AvgIpc) is 2.60. The third-order valence-electron chi connectivity index (χ3n) is 3.22. The maximum absolute atomic E-state index is 12.3. The van der Waals surface area contributed by atoms with Crippen molar-refractivity contribution in [2.24, 2.45) is 0 Å². The first-order valence-corrected chi connectivity index (χ1v) is 8.58. The van der Waals surface area contributed by atoms with E-state index in [9.17, 15) is 27.3 Å². The lowest BCUT2D eigenvalue weighted by Crippen LogP contribution is -2.03. The van der Waals surface area contributed by atoms with Gasteiger partial charge in [0.25, 0.3) is 5.69 Å². The Morgan fingerprint density at radius 3 is 2.31 bits per heavy atom. The predicted octanol–water partition coefficient (Wildman–Crippen LogP) is 3.65. The fourth-order valence-electron chi connectivity index (χ4n) is 1.99. The minimum Gasteiger partial charge on any atom is -0.493 e. The summed E-state index contributed by atoms with van der Waals surface area (Å²) in [4.78, 5) is 9.84. The second-order valence-electron chi connectivity index (χ2n) is 4.89. The van der Waals surface area contributed by atoms with Crippen LogP contribution in [0.3, 0.4) is 0 Å². The number of hydrogen-bond donors (Lipinski definition) is 0. The van der Waals surface area contributed by atoms with E-state index in [-0.39, 0.29) is 22.1 Å². The molecule has 0 aliphatic heterocycles. The molecule has 2 aromatic rings. The lowest BCUT2D eigenvalue weighted by atomic mass is 10.2. The van der Waals surface area contributed by atoms with Crippen LogP contribution in [0.4, 0.5) is 14.5 Å². The van der Waals surface area contributed by atoms with Gasteiger partial charge in [-0.3, -0.25) is 10.1 Å². The molecule has 0 saturated heterocycles. The van der Waals surface area contributed by atoms with Gasteiger partial charge >= 0.3 is 6.61 Å². The molecule has 138 valence electrons. The number of nitro benzene ring substituents is 1. The standard InChI is InChI=1S/C16H13F2NO6S/c1-24-15-10-11(2-7-14(15)25-16(17)18)8-9-26(22,23)13-5-3-12(4-6-13)19(20)21/h2-10,16H,1H3. The molecule has 0 unspecified atom stereocenters. The summed E-state index contributed by atoms with van der Waals surface area (Å²) >= 11 is 0. The van der Waals surface area contributed by atoms with E-state index in [1.165, 1.54) is 31.4 Å². The molecule has 10 heteroatoms. The highest BCUT2D eigenvalue weighted by molar-refractivity contribution is 7.94. The Labute approximate surface area is 147 Å². The van der Waals surface area contributed by atoms with Gasteiger partial charge in [0.15, 0.2) is 21.3 Å². The smallest absolute Gasteiger partial charge is 0.387 e. The number of non-ortho nitro benzene ring substituents is 1. The van der Waals surface area contributed by atoms with E-state index in [2.05, 4.69) is 4.74 Å². The lowest BCUT2D eigenvalue weighted by molar-refractivity contribution is -0.384. The first kappa shape index (κ1) is 19.3. The molecular weight excluding hydrogens is 372 g/mol. The van der Waals surface area contributed by atoms with Gasteiger partial charge in [-0.25, -0.2) is 8.42 Å². The van der Waals surface area contributed by atoms with Gasteiger partial charge in [0.2, 0.25) is 0 Å². The summed E-state index contributed by atoms with van der Waals surface area (Å²) in [6, 6.07) is 8.35. The SMILES string of the molecule is COc1cc(C=CS(=O)(=O)c2ccc([N+](=O)[O-])cc2)ccc1OC(F)F. The van der Waals surface area contributed by atoms with Gasteiger partial charge in [0.1, 0.15) is 0 Å². The Bertz CT molecular complexity index is 926. The van der Waals surface area contributed by atoms with Gasteiger partial charge < -0.3 is 9.47 Å². The topological polar surface area (TPSA) is 95.7 Å². The Morgan fingerprint density at radius 1 is 1.12 bits per heavy atom. The molecule has 0 aliphatic rings. The first-order chi connectivity index (χ1) is 12.2. The van der Waals surface area contributed by atoms with Gasteiger partial charge in [0, 0.05) is 17.5 Å². The number of sulfone groups is 1. The van der Waals surface area contributed by atoms with E-state index >= 15 is 0 Å². The Hall–Kier alpha value is -3.01. The summed E-state index contributed by atoms with van der Waals surface area (Å²) in [5.74, 6) is -0.168. The molecule has 7 nitrogen and oxygen atoms in total. The number of nitro groups is 1. The number of nitrogens with zero attached hydrogens (tertiary/aromatic N) is 1. The van der Waals surface area contributed by atoms with E-state index < -0.39 is 21.4 Å². The second-order valence-corrected chi connectivity index (χ2v) is 6.72. The number of hydrogen-bond acceptors (Lipinski definition) is 6. The van der Waals surface area contributed by atoms with Gasteiger partial charge in [0.05, 0.1) is 16.9 Å². The second kappa shape index (κ2) is 7.91. The number of methoxy groups -OCH3 is 1. The van der Waals surface area contributed by atoms with Crippen molar-refractivity contribution in [2.75, 3.05) is 7.11 Å². The number of ether oxygens (including phenoxy) is 2. The molecule has 0 fully saturated rings. The Morgan fingerprint density at radius 2 is 1.77 bits per heavy atom. The molecule has 26 heavy (non-hydrogen) atoms. The zero-order valence-corrected chi connectivity index (χ0v) is 14.2. The highest BCUT2D eigenvalue weighted by Crippen LogP contribution is 2.30.